The normalized spacial score (nSPS) is 12.7. The Kier molecular flexibility index (Phi) is 8.33. The van der Waals surface area contributed by atoms with E-state index in [4.69, 9.17) is 0 Å². The Balaban J connectivity index is 0.00000306. The third-order valence-corrected chi connectivity index (χ3v) is 7.31. The molecule has 166 valence electrons. The summed E-state index contributed by atoms with van der Waals surface area (Å²) in [6.07, 6.45) is -1.52. The maximum atomic E-state index is 13.1. The third kappa shape index (κ3) is 5.48. The van der Waals surface area contributed by atoms with Gasteiger partial charge >= 0.3 is 29.6 Å². The Morgan fingerprint density at radius 3 is 1.97 bits per heavy atom. The van der Waals surface area contributed by atoms with Crippen LogP contribution in [0.4, 0.5) is 0 Å². The summed E-state index contributed by atoms with van der Waals surface area (Å²) in [4.78, 5) is 11.0. The van der Waals surface area contributed by atoms with Crippen molar-refractivity contribution in [3.63, 3.8) is 0 Å². The molecule has 1 unspecified atom stereocenters. The second-order valence-corrected chi connectivity index (χ2v) is 9.53. The van der Waals surface area contributed by atoms with Gasteiger partial charge in [0.2, 0.25) is 10.0 Å². The molecule has 4 rings (SSSR count). The van der Waals surface area contributed by atoms with E-state index in [1.165, 1.54) is 12.1 Å². The van der Waals surface area contributed by atoms with Crippen LogP contribution in [-0.4, -0.2) is 47.6 Å². The van der Waals surface area contributed by atoms with E-state index in [1.54, 1.807) is 18.2 Å². The predicted octanol–water partition coefficient (Wildman–Crippen LogP) is -1.01. The van der Waals surface area contributed by atoms with Crippen molar-refractivity contribution in [2.24, 2.45) is 0 Å². The maximum Gasteiger partial charge on any atom is 1.00 e. The van der Waals surface area contributed by atoms with Crippen molar-refractivity contribution in [3.05, 3.63) is 78.9 Å². The van der Waals surface area contributed by atoms with Gasteiger partial charge in [0, 0.05) is 47.3 Å². The molecule has 1 N–H and O–H groups in total. The van der Waals surface area contributed by atoms with E-state index in [0.717, 1.165) is 26.1 Å². The molecular weight excluding hydrogens is 451 g/mol. The molecule has 0 radical (unpaired) electrons. The van der Waals surface area contributed by atoms with Gasteiger partial charge in [-0.25, -0.2) is 8.42 Å². The Bertz CT molecular complexity index is 1300. The number of rotatable bonds is 9. The number of aliphatic carboxylic acids is 1. The van der Waals surface area contributed by atoms with Crippen molar-refractivity contribution in [2.75, 3.05) is 13.1 Å². The fraction of sp³-hybridized carbons (Fsp3) is 0.208. The summed E-state index contributed by atoms with van der Waals surface area (Å²) in [7, 11) is -3.98. The van der Waals surface area contributed by atoms with Crippen LogP contribution in [0.1, 0.15) is 6.42 Å². The zero-order valence-electron chi connectivity index (χ0n) is 18.3. The van der Waals surface area contributed by atoms with Crippen molar-refractivity contribution >= 4 is 37.8 Å². The molecule has 0 fully saturated rings. The van der Waals surface area contributed by atoms with Crippen LogP contribution in [0.25, 0.3) is 21.8 Å². The second-order valence-electron chi connectivity index (χ2n) is 7.60. The first kappa shape index (κ1) is 25.4. The number of benzene rings is 3. The second kappa shape index (κ2) is 10.8. The van der Waals surface area contributed by atoms with Crippen molar-refractivity contribution in [1.82, 2.24) is 8.87 Å². The number of carboxylic acids is 1. The molecule has 9 heteroatoms. The molecule has 3 aromatic carbocycles. The van der Waals surface area contributed by atoms with Gasteiger partial charge in [-0.1, -0.05) is 54.6 Å². The molecule has 0 aliphatic rings. The van der Waals surface area contributed by atoms with E-state index in [0.29, 0.717) is 0 Å². The average Bonchev–Trinajstić information content (AvgIpc) is 3.11. The minimum atomic E-state index is -3.98. The van der Waals surface area contributed by atoms with Crippen LogP contribution in [0, 0.1) is 0 Å². The fourth-order valence-electron chi connectivity index (χ4n) is 3.97. The quantitative estimate of drug-likeness (QED) is 0.313. The topological polar surface area (TPSA) is 103 Å². The molecule has 33 heavy (non-hydrogen) atoms. The van der Waals surface area contributed by atoms with Gasteiger partial charge in [-0.2, -0.15) is 4.31 Å². The fourth-order valence-corrected chi connectivity index (χ4v) is 5.47. The monoisotopic (exact) mass is 474 g/mol. The van der Waals surface area contributed by atoms with E-state index in [-0.39, 0.29) is 54.1 Å². The maximum absolute atomic E-state index is 13.1. The van der Waals surface area contributed by atoms with Crippen LogP contribution < -0.4 is 34.7 Å². The molecule has 0 spiro atoms. The molecule has 0 aliphatic carbocycles. The van der Waals surface area contributed by atoms with Crippen molar-refractivity contribution < 1.29 is 53.0 Å². The first-order valence-corrected chi connectivity index (χ1v) is 11.7. The molecule has 1 heterocycles. The first-order valence-electron chi connectivity index (χ1n) is 10.3. The Morgan fingerprint density at radius 2 is 1.42 bits per heavy atom. The summed E-state index contributed by atoms with van der Waals surface area (Å²) in [5.41, 5.74) is 1.86. The number of carbonyl (C=O) groups is 1. The number of fused-ring (bicyclic) bond motifs is 3. The number of para-hydroxylation sites is 2. The van der Waals surface area contributed by atoms with Gasteiger partial charge in [-0.15, -0.1) is 0 Å². The molecule has 0 saturated carbocycles. The summed E-state index contributed by atoms with van der Waals surface area (Å²) in [5, 5.41) is 24.0. The minimum absolute atomic E-state index is 0. The molecule has 4 aromatic rings. The van der Waals surface area contributed by atoms with Crippen LogP contribution in [0.5, 0.6) is 0 Å². The minimum Gasteiger partial charge on any atom is -0.550 e. The number of nitrogens with zero attached hydrogens (tertiary/aromatic N) is 2. The molecule has 7 nitrogen and oxygen atoms in total. The van der Waals surface area contributed by atoms with Crippen LogP contribution in [0.3, 0.4) is 0 Å². The van der Waals surface area contributed by atoms with E-state index in [9.17, 15) is 23.4 Å². The SMILES string of the molecule is O=C([O-])CCN(CC(O)Cn1c2ccccc2c2ccccc21)S(=O)(=O)c1ccccc1.[Na+]. The van der Waals surface area contributed by atoms with Crippen LogP contribution in [-0.2, 0) is 21.4 Å². The molecule has 0 aliphatic heterocycles. The molecule has 0 bridgehead atoms. The van der Waals surface area contributed by atoms with Gasteiger partial charge in [0.15, 0.2) is 0 Å². The number of aliphatic hydroxyl groups excluding tert-OH is 1. The van der Waals surface area contributed by atoms with Gasteiger partial charge in [-0.05, 0) is 24.3 Å². The third-order valence-electron chi connectivity index (χ3n) is 5.43. The van der Waals surface area contributed by atoms with Gasteiger partial charge in [0.25, 0.3) is 0 Å². The summed E-state index contributed by atoms with van der Waals surface area (Å²) in [5.74, 6) is -1.35. The van der Waals surface area contributed by atoms with Gasteiger partial charge in [0.1, 0.15) is 0 Å². The molecule has 1 atom stereocenters. The number of sulfonamides is 1. The molecule has 0 saturated heterocycles. The van der Waals surface area contributed by atoms with Crippen LogP contribution in [0.15, 0.2) is 83.8 Å². The first-order chi connectivity index (χ1) is 15.4. The van der Waals surface area contributed by atoms with Crippen molar-refractivity contribution in [2.45, 2.75) is 24.0 Å². The zero-order valence-corrected chi connectivity index (χ0v) is 21.1. The molecule has 0 amide bonds. The van der Waals surface area contributed by atoms with Crippen molar-refractivity contribution in [1.29, 1.82) is 0 Å². The number of aliphatic hydroxyl groups is 1. The van der Waals surface area contributed by atoms with E-state index >= 15 is 0 Å². The number of hydrogen-bond donors (Lipinski definition) is 1. The zero-order chi connectivity index (χ0) is 22.7. The molecular formula is C24H23N2NaO5S. The number of aromatic nitrogens is 1. The largest absolute Gasteiger partial charge is 1.00 e. The number of carboxylic acid groups (broad SMARTS) is 1. The summed E-state index contributed by atoms with van der Waals surface area (Å²) >= 11 is 0. The van der Waals surface area contributed by atoms with Gasteiger partial charge < -0.3 is 19.6 Å². The Labute approximate surface area is 214 Å². The van der Waals surface area contributed by atoms with Crippen LogP contribution >= 0.6 is 0 Å². The standard InChI is InChI=1S/C24H24N2O5S.Na/c27-18(16-25(15-14-24(28)29)32(30,31)19-8-2-1-3-9-19)17-26-22-12-6-4-10-20(22)21-11-5-7-13-23(21)26;/h1-13,18,27H,14-17H2,(H,28,29);/q;+1/p-1. The predicted molar refractivity (Wildman–Crippen MR) is 120 cm³/mol. The number of hydrogen-bond acceptors (Lipinski definition) is 5. The smallest absolute Gasteiger partial charge is 0.550 e. The summed E-state index contributed by atoms with van der Waals surface area (Å²) in [6, 6.07) is 23.4. The van der Waals surface area contributed by atoms with Gasteiger partial charge in [-0.3, -0.25) is 0 Å². The van der Waals surface area contributed by atoms with Crippen LogP contribution in [0.2, 0.25) is 0 Å². The van der Waals surface area contributed by atoms with E-state index in [2.05, 4.69) is 0 Å². The van der Waals surface area contributed by atoms with E-state index in [1.807, 2.05) is 53.1 Å². The van der Waals surface area contributed by atoms with Gasteiger partial charge in [0.05, 0.1) is 17.5 Å². The average molecular weight is 475 g/mol. The number of carbonyl (C=O) groups excluding carboxylic acids is 1. The van der Waals surface area contributed by atoms with Crippen molar-refractivity contribution in [3.8, 4) is 0 Å². The summed E-state index contributed by atoms with van der Waals surface area (Å²) in [6.45, 7) is -0.380. The Morgan fingerprint density at radius 1 is 0.909 bits per heavy atom. The molecule has 1 aromatic heterocycles. The summed E-state index contributed by atoms with van der Waals surface area (Å²) < 4.78 is 29.2. The Hall–Kier alpha value is -2.20. The van der Waals surface area contributed by atoms with E-state index < -0.39 is 28.5 Å².